The molecule has 0 radical (unpaired) electrons. The number of carbonyl (C=O) groups is 2. The molecule has 0 unspecified atom stereocenters. The van der Waals surface area contributed by atoms with Crippen LogP contribution in [0.1, 0.15) is 27.6 Å². The van der Waals surface area contributed by atoms with Gasteiger partial charge in [-0.3, -0.25) is 4.79 Å². The zero-order chi connectivity index (χ0) is 20.1. The first kappa shape index (κ1) is 18.8. The van der Waals surface area contributed by atoms with E-state index in [0.29, 0.717) is 28.4 Å². The van der Waals surface area contributed by atoms with E-state index in [0.717, 1.165) is 0 Å². The Bertz CT molecular complexity index is 1020. The number of nitrogens with two attached hydrogens (primary N) is 1. The third kappa shape index (κ3) is 4.24. The number of hydrogen-bond donors (Lipinski definition) is 2. The van der Waals surface area contributed by atoms with Gasteiger partial charge in [-0.2, -0.15) is 4.98 Å². The van der Waals surface area contributed by atoms with E-state index in [4.69, 9.17) is 10.5 Å². The lowest BCUT2D eigenvalue weighted by Gasteiger charge is -2.12. The fourth-order valence-corrected chi connectivity index (χ4v) is 2.40. The van der Waals surface area contributed by atoms with Crippen molar-refractivity contribution in [3.63, 3.8) is 0 Å². The molecule has 0 saturated carbocycles. The van der Waals surface area contributed by atoms with Crippen molar-refractivity contribution >= 4 is 28.9 Å². The van der Waals surface area contributed by atoms with Gasteiger partial charge >= 0.3 is 5.97 Å². The molecule has 0 atom stereocenters. The lowest BCUT2D eigenvalue weighted by molar-refractivity contribution is 0.0600. The van der Waals surface area contributed by atoms with E-state index in [1.807, 2.05) is 0 Å². The average Bonchev–Trinajstić information content (AvgIpc) is 2.71. The first-order valence-corrected chi connectivity index (χ1v) is 8.32. The molecular weight excluding hydrogens is 360 g/mol. The molecule has 8 heteroatoms. The zero-order valence-electron chi connectivity index (χ0n) is 15.3. The van der Waals surface area contributed by atoms with Crippen molar-refractivity contribution in [1.29, 1.82) is 0 Å². The molecule has 0 aliphatic heterocycles. The fourth-order valence-electron chi connectivity index (χ4n) is 2.40. The molecule has 2 aromatic carbocycles. The highest BCUT2D eigenvalue weighted by molar-refractivity contribution is 5.95. The quantitative estimate of drug-likeness (QED) is 0.494. The van der Waals surface area contributed by atoms with E-state index < -0.39 is 5.97 Å². The van der Waals surface area contributed by atoms with Gasteiger partial charge in [-0.15, -0.1) is 0 Å². The predicted molar refractivity (Wildman–Crippen MR) is 104 cm³/mol. The summed E-state index contributed by atoms with van der Waals surface area (Å²) in [5.74, 6) is 0.469. The molecule has 142 valence electrons. The lowest BCUT2D eigenvalue weighted by atomic mass is 10.1. The first-order chi connectivity index (χ1) is 13.5. The van der Waals surface area contributed by atoms with Crippen LogP contribution in [0.25, 0.3) is 0 Å². The second-order valence-electron chi connectivity index (χ2n) is 5.82. The molecule has 1 aromatic heterocycles. The third-order valence-corrected chi connectivity index (χ3v) is 3.87. The van der Waals surface area contributed by atoms with Crippen LogP contribution in [-0.4, -0.2) is 28.8 Å². The second-order valence-corrected chi connectivity index (χ2v) is 5.82. The van der Waals surface area contributed by atoms with Crippen LogP contribution in [0.2, 0.25) is 0 Å². The molecule has 3 aromatic rings. The highest BCUT2D eigenvalue weighted by Crippen LogP contribution is 2.31. The van der Waals surface area contributed by atoms with E-state index in [1.54, 1.807) is 48.5 Å². The summed E-state index contributed by atoms with van der Waals surface area (Å²) in [6.07, 6.45) is 1.31. The van der Waals surface area contributed by atoms with E-state index in [-0.39, 0.29) is 17.4 Å². The number of nitrogens with zero attached hydrogens (tertiary/aromatic N) is 2. The number of aromatic nitrogens is 2. The minimum Gasteiger partial charge on any atom is -0.465 e. The number of nitrogen functional groups attached to an aromatic ring is 1. The number of methoxy groups -OCH3 is 1. The van der Waals surface area contributed by atoms with Gasteiger partial charge in [0.2, 0.25) is 5.88 Å². The SMILES string of the molecule is COC(=O)c1ccc(Oc2ncnc(Nc3cccc(C(C)=O)c3)c2N)cc1. The molecule has 0 aliphatic rings. The molecule has 28 heavy (non-hydrogen) atoms. The number of ether oxygens (including phenoxy) is 2. The zero-order valence-corrected chi connectivity index (χ0v) is 15.3. The maximum absolute atomic E-state index is 11.5. The maximum atomic E-state index is 11.5. The molecule has 0 spiro atoms. The van der Waals surface area contributed by atoms with Gasteiger partial charge in [-0.25, -0.2) is 9.78 Å². The number of rotatable bonds is 6. The molecule has 0 bridgehead atoms. The molecule has 8 nitrogen and oxygen atoms in total. The molecule has 0 aliphatic carbocycles. The van der Waals surface area contributed by atoms with Crippen LogP contribution in [0.4, 0.5) is 17.2 Å². The van der Waals surface area contributed by atoms with Crippen LogP contribution in [0.5, 0.6) is 11.6 Å². The van der Waals surface area contributed by atoms with Crippen LogP contribution in [0.15, 0.2) is 54.9 Å². The Labute approximate surface area is 161 Å². The van der Waals surface area contributed by atoms with Gasteiger partial charge in [0.05, 0.1) is 12.7 Å². The molecule has 0 amide bonds. The van der Waals surface area contributed by atoms with Crippen LogP contribution in [0, 0.1) is 0 Å². The predicted octanol–water partition coefficient (Wildman–Crippen LogP) is 3.58. The Balaban J connectivity index is 1.80. The summed E-state index contributed by atoms with van der Waals surface area (Å²) in [4.78, 5) is 31.2. The summed E-state index contributed by atoms with van der Waals surface area (Å²) in [5.41, 5.74) is 7.95. The summed E-state index contributed by atoms with van der Waals surface area (Å²) in [5, 5.41) is 3.06. The number of carbonyl (C=O) groups excluding carboxylic acids is 2. The Kier molecular flexibility index (Phi) is 5.50. The van der Waals surface area contributed by atoms with Crippen molar-refractivity contribution in [2.24, 2.45) is 0 Å². The minimum atomic E-state index is -0.438. The fraction of sp³-hybridized carbons (Fsp3) is 0.100. The molecule has 3 N–H and O–H groups in total. The van der Waals surface area contributed by atoms with Gasteiger partial charge in [0, 0.05) is 11.3 Å². The summed E-state index contributed by atoms with van der Waals surface area (Å²) in [6.45, 7) is 1.50. The standard InChI is InChI=1S/C20H18N4O4/c1-12(25)14-4-3-5-15(10-14)24-18-17(21)19(23-11-22-18)28-16-8-6-13(7-9-16)20(26)27-2/h3-11H,21H2,1-2H3,(H,22,23,24). The lowest BCUT2D eigenvalue weighted by Crippen LogP contribution is -2.04. The number of anilines is 3. The number of nitrogens with one attached hydrogen (secondary N) is 1. The molecular formula is C20H18N4O4. The highest BCUT2D eigenvalue weighted by Gasteiger charge is 2.12. The van der Waals surface area contributed by atoms with Crippen LogP contribution in [-0.2, 0) is 4.74 Å². The van der Waals surface area contributed by atoms with Crippen molar-refractivity contribution in [2.75, 3.05) is 18.2 Å². The van der Waals surface area contributed by atoms with Gasteiger partial charge in [0.25, 0.3) is 0 Å². The van der Waals surface area contributed by atoms with Crippen LogP contribution in [0.3, 0.4) is 0 Å². The Morgan fingerprint density at radius 2 is 1.79 bits per heavy atom. The summed E-state index contributed by atoms with van der Waals surface area (Å²) >= 11 is 0. The molecule has 3 rings (SSSR count). The smallest absolute Gasteiger partial charge is 0.337 e. The molecule has 1 heterocycles. The topological polar surface area (TPSA) is 116 Å². The molecule has 0 saturated heterocycles. The van der Waals surface area contributed by atoms with Gasteiger partial charge in [-0.1, -0.05) is 12.1 Å². The molecule has 0 fully saturated rings. The normalized spacial score (nSPS) is 10.2. The van der Waals surface area contributed by atoms with E-state index >= 15 is 0 Å². The van der Waals surface area contributed by atoms with Gasteiger partial charge in [-0.05, 0) is 43.3 Å². The highest BCUT2D eigenvalue weighted by atomic mass is 16.5. The van der Waals surface area contributed by atoms with Gasteiger partial charge in [0.15, 0.2) is 11.6 Å². The summed E-state index contributed by atoms with van der Waals surface area (Å²) in [6, 6.07) is 13.3. The van der Waals surface area contributed by atoms with Gasteiger partial charge in [0.1, 0.15) is 17.8 Å². The minimum absolute atomic E-state index is 0.0428. The maximum Gasteiger partial charge on any atom is 0.337 e. The number of esters is 1. The van der Waals surface area contributed by atoms with Crippen LogP contribution < -0.4 is 15.8 Å². The van der Waals surface area contributed by atoms with Crippen molar-refractivity contribution in [3.05, 3.63) is 66.0 Å². The largest absolute Gasteiger partial charge is 0.465 e. The van der Waals surface area contributed by atoms with E-state index in [9.17, 15) is 9.59 Å². The second kappa shape index (κ2) is 8.17. The number of Topliss-reactive ketones (excluding diaryl/α,β-unsaturated/α-hetero) is 1. The summed E-state index contributed by atoms with van der Waals surface area (Å²) < 4.78 is 10.4. The third-order valence-electron chi connectivity index (χ3n) is 3.87. The van der Waals surface area contributed by atoms with Crippen LogP contribution >= 0.6 is 0 Å². The monoisotopic (exact) mass is 378 g/mol. The Morgan fingerprint density at radius 3 is 2.46 bits per heavy atom. The summed E-state index contributed by atoms with van der Waals surface area (Å²) in [7, 11) is 1.31. The number of benzene rings is 2. The van der Waals surface area contributed by atoms with Crippen molar-refractivity contribution < 1.29 is 19.1 Å². The average molecular weight is 378 g/mol. The van der Waals surface area contributed by atoms with Crippen molar-refractivity contribution in [2.45, 2.75) is 6.92 Å². The number of ketones is 1. The van der Waals surface area contributed by atoms with Crippen molar-refractivity contribution in [1.82, 2.24) is 9.97 Å². The van der Waals surface area contributed by atoms with E-state index in [1.165, 1.54) is 20.4 Å². The first-order valence-electron chi connectivity index (χ1n) is 8.32. The van der Waals surface area contributed by atoms with Crippen molar-refractivity contribution in [3.8, 4) is 11.6 Å². The van der Waals surface area contributed by atoms with Gasteiger partial charge < -0.3 is 20.5 Å². The van der Waals surface area contributed by atoms with E-state index in [2.05, 4.69) is 20.0 Å². The number of hydrogen-bond acceptors (Lipinski definition) is 8. The Hall–Kier alpha value is -3.94. The Morgan fingerprint density at radius 1 is 1.04 bits per heavy atom.